The molecule has 0 unspecified atom stereocenters. The van der Waals surface area contributed by atoms with Gasteiger partial charge in [-0.1, -0.05) is 18.9 Å². The van der Waals surface area contributed by atoms with Gasteiger partial charge in [-0.3, -0.25) is 4.79 Å². The number of aryl methyl sites for hydroxylation is 2. The number of amides is 1. The molecule has 1 aromatic heterocycles. The van der Waals surface area contributed by atoms with E-state index in [4.69, 9.17) is 0 Å². The molecule has 2 heterocycles. The van der Waals surface area contributed by atoms with Gasteiger partial charge in [0.25, 0.3) is 5.91 Å². The Balaban J connectivity index is 1.93. The standard InChI is InChI=1S/C17H22N2O/c1-12-9-13(2)14-11-16(18-15(14)10-12)17(20)19-7-5-3-4-6-8-19/h9-11,18H,3-8H2,1-2H3. The normalized spacial score (nSPS) is 16.4. The van der Waals surface area contributed by atoms with Crippen LogP contribution in [0, 0.1) is 13.8 Å². The van der Waals surface area contributed by atoms with Crippen LogP contribution in [0.2, 0.25) is 0 Å². The van der Waals surface area contributed by atoms with Crippen molar-refractivity contribution in [3.05, 3.63) is 35.0 Å². The first kappa shape index (κ1) is 13.2. The van der Waals surface area contributed by atoms with Crippen molar-refractivity contribution in [1.29, 1.82) is 0 Å². The van der Waals surface area contributed by atoms with Gasteiger partial charge < -0.3 is 9.88 Å². The van der Waals surface area contributed by atoms with Crippen molar-refractivity contribution in [1.82, 2.24) is 9.88 Å². The minimum absolute atomic E-state index is 0.153. The Bertz CT molecular complexity index is 634. The number of carbonyl (C=O) groups is 1. The zero-order chi connectivity index (χ0) is 14.1. The van der Waals surface area contributed by atoms with Crippen molar-refractivity contribution in [2.45, 2.75) is 39.5 Å². The summed E-state index contributed by atoms with van der Waals surface area (Å²) in [6, 6.07) is 6.29. The van der Waals surface area contributed by atoms with Crippen LogP contribution in [0.25, 0.3) is 10.9 Å². The van der Waals surface area contributed by atoms with Crippen molar-refractivity contribution in [3.63, 3.8) is 0 Å². The number of aromatic nitrogens is 1. The maximum absolute atomic E-state index is 12.6. The van der Waals surface area contributed by atoms with Crippen molar-refractivity contribution >= 4 is 16.8 Å². The second-order valence-corrected chi connectivity index (χ2v) is 5.93. The summed E-state index contributed by atoms with van der Waals surface area (Å²) in [5.41, 5.74) is 4.26. The molecule has 1 aromatic carbocycles. The molecule has 1 amide bonds. The molecule has 0 spiro atoms. The van der Waals surface area contributed by atoms with E-state index < -0.39 is 0 Å². The van der Waals surface area contributed by atoms with E-state index in [2.05, 4.69) is 31.0 Å². The fourth-order valence-corrected chi connectivity index (χ4v) is 3.16. The third kappa shape index (κ3) is 2.45. The zero-order valence-electron chi connectivity index (χ0n) is 12.3. The van der Waals surface area contributed by atoms with E-state index in [1.807, 2.05) is 11.0 Å². The Morgan fingerprint density at radius 1 is 1.05 bits per heavy atom. The summed E-state index contributed by atoms with van der Waals surface area (Å²) in [5.74, 6) is 0.153. The van der Waals surface area contributed by atoms with Gasteiger partial charge in [0.15, 0.2) is 0 Å². The summed E-state index contributed by atoms with van der Waals surface area (Å²) in [6.45, 7) is 5.98. The molecule has 0 radical (unpaired) electrons. The monoisotopic (exact) mass is 270 g/mol. The molecule has 0 bridgehead atoms. The lowest BCUT2D eigenvalue weighted by atomic mass is 10.1. The van der Waals surface area contributed by atoms with Gasteiger partial charge in [0.2, 0.25) is 0 Å². The summed E-state index contributed by atoms with van der Waals surface area (Å²) in [5, 5.41) is 1.16. The molecule has 1 saturated heterocycles. The van der Waals surface area contributed by atoms with E-state index in [-0.39, 0.29) is 5.91 Å². The van der Waals surface area contributed by atoms with Crippen LogP contribution in [0.5, 0.6) is 0 Å². The number of benzene rings is 1. The molecule has 1 aliphatic heterocycles. The second-order valence-electron chi connectivity index (χ2n) is 5.93. The van der Waals surface area contributed by atoms with Gasteiger partial charge in [-0.25, -0.2) is 0 Å². The van der Waals surface area contributed by atoms with E-state index in [1.165, 1.54) is 24.0 Å². The third-order valence-electron chi connectivity index (χ3n) is 4.21. The predicted octanol–water partition coefficient (Wildman–Crippen LogP) is 3.80. The number of H-pyrrole nitrogens is 1. The van der Waals surface area contributed by atoms with Crippen LogP contribution in [0.15, 0.2) is 18.2 Å². The lowest BCUT2D eigenvalue weighted by Gasteiger charge is -2.19. The van der Waals surface area contributed by atoms with Crippen LogP contribution < -0.4 is 0 Å². The highest BCUT2D eigenvalue weighted by Crippen LogP contribution is 2.23. The van der Waals surface area contributed by atoms with Crippen molar-refractivity contribution in [3.8, 4) is 0 Å². The third-order valence-corrected chi connectivity index (χ3v) is 4.21. The van der Waals surface area contributed by atoms with Crippen LogP contribution in [-0.2, 0) is 0 Å². The lowest BCUT2D eigenvalue weighted by Crippen LogP contribution is -2.32. The number of hydrogen-bond donors (Lipinski definition) is 1. The Morgan fingerprint density at radius 2 is 1.75 bits per heavy atom. The molecule has 1 aliphatic rings. The topological polar surface area (TPSA) is 36.1 Å². The number of hydrogen-bond acceptors (Lipinski definition) is 1. The quantitative estimate of drug-likeness (QED) is 0.840. The van der Waals surface area contributed by atoms with Crippen LogP contribution >= 0.6 is 0 Å². The van der Waals surface area contributed by atoms with Gasteiger partial charge in [-0.2, -0.15) is 0 Å². The van der Waals surface area contributed by atoms with Gasteiger partial charge in [-0.05, 0) is 49.9 Å². The summed E-state index contributed by atoms with van der Waals surface area (Å²) in [4.78, 5) is 17.9. The summed E-state index contributed by atoms with van der Waals surface area (Å²) in [7, 11) is 0. The Kier molecular flexibility index (Phi) is 3.51. The lowest BCUT2D eigenvalue weighted by molar-refractivity contribution is 0.0757. The number of rotatable bonds is 1. The van der Waals surface area contributed by atoms with E-state index >= 15 is 0 Å². The van der Waals surface area contributed by atoms with Crippen LogP contribution in [0.3, 0.4) is 0 Å². The van der Waals surface area contributed by atoms with E-state index in [0.29, 0.717) is 0 Å². The summed E-state index contributed by atoms with van der Waals surface area (Å²) >= 11 is 0. The average molecular weight is 270 g/mol. The van der Waals surface area contributed by atoms with E-state index in [0.717, 1.165) is 42.5 Å². The highest BCUT2D eigenvalue weighted by Gasteiger charge is 2.19. The first-order chi connectivity index (χ1) is 9.65. The smallest absolute Gasteiger partial charge is 0.270 e. The summed E-state index contributed by atoms with van der Waals surface area (Å²) in [6.07, 6.45) is 4.75. The second kappa shape index (κ2) is 5.31. The Hall–Kier alpha value is -1.77. The van der Waals surface area contributed by atoms with E-state index in [9.17, 15) is 4.79 Å². The van der Waals surface area contributed by atoms with Crippen molar-refractivity contribution < 1.29 is 4.79 Å². The van der Waals surface area contributed by atoms with Crippen molar-refractivity contribution in [2.24, 2.45) is 0 Å². The average Bonchev–Trinajstić information content (AvgIpc) is 2.66. The minimum Gasteiger partial charge on any atom is -0.351 e. The summed E-state index contributed by atoms with van der Waals surface area (Å²) < 4.78 is 0. The minimum atomic E-state index is 0.153. The van der Waals surface area contributed by atoms with Crippen LogP contribution in [-0.4, -0.2) is 28.9 Å². The molecule has 3 rings (SSSR count). The number of nitrogens with one attached hydrogen (secondary N) is 1. The molecule has 0 atom stereocenters. The number of likely N-dealkylation sites (tertiary alicyclic amines) is 1. The molecule has 1 fully saturated rings. The number of carbonyl (C=O) groups excluding carboxylic acids is 1. The van der Waals surface area contributed by atoms with Crippen LogP contribution in [0.1, 0.15) is 47.3 Å². The van der Waals surface area contributed by atoms with Gasteiger partial charge >= 0.3 is 0 Å². The van der Waals surface area contributed by atoms with E-state index in [1.54, 1.807) is 0 Å². The zero-order valence-corrected chi connectivity index (χ0v) is 12.3. The molecule has 2 aromatic rings. The molecule has 0 saturated carbocycles. The highest BCUT2D eigenvalue weighted by atomic mass is 16.2. The molecule has 3 nitrogen and oxygen atoms in total. The molecular formula is C17H22N2O. The molecule has 3 heteroatoms. The molecule has 106 valence electrons. The first-order valence-corrected chi connectivity index (χ1v) is 7.54. The number of aromatic amines is 1. The molecule has 20 heavy (non-hydrogen) atoms. The molecule has 0 aliphatic carbocycles. The number of fused-ring (bicyclic) bond motifs is 1. The van der Waals surface area contributed by atoms with Gasteiger partial charge in [0, 0.05) is 24.0 Å². The first-order valence-electron chi connectivity index (χ1n) is 7.54. The van der Waals surface area contributed by atoms with Gasteiger partial charge in [0.1, 0.15) is 5.69 Å². The van der Waals surface area contributed by atoms with Gasteiger partial charge in [-0.15, -0.1) is 0 Å². The van der Waals surface area contributed by atoms with Crippen molar-refractivity contribution in [2.75, 3.05) is 13.1 Å². The Labute approximate surface area is 120 Å². The van der Waals surface area contributed by atoms with Crippen LogP contribution in [0.4, 0.5) is 0 Å². The predicted molar refractivity (Wildman–Crippen MR) is 82.1 cm³/mol. The maximum atomic E-state index is 12.6. The van der Waals surface area contributed by atoms with Gasteiger partial charge in [0.05, 0.1) is 0 Å². The fourth-order valence-electron chi connectivity index (χ4n) is 3.16. The Morgan fingerprint density at radius 3 is 2.45 bits per heavy atom. The molecule has 1 N–H and O–H groups in total. The SMILES string of the molecule is Cc1cc(C)c2cc(C(=O)N3CCCCCC3)[nH]c2c1. The largest absolute Gasteiger partial charge is 0.351 e. The highest BCUT2D eigenvalue weighted by molar-refractivity contribution is 5.99. The number of nitrogens with zero attached hydrogens (tertiary/aromatic N) is 1. The maximum Gasteiger partial charge on any atom is 0.270 e. The fraction of sp³-hybridized carbons (Fsp3) is 0.471. The molecular weight excluding hydrogens is 248 g/mol.